The molecule has 0 aliphatic carbocycles. The molecular weight excluding hydrogens is 449 g/mol. The Morgan fingerprint density at radius 3 is 2.41 bits per heavy atom. The van der Waals surface area contributed by atoms with Gasteiger partial charge in [0.05, 0.1) is 12.3 Å². The highest BCUT2D eigenvalue weighted by Gasteiger charge is 2.35. The second-order valence-electron chi connectivity index (χ2n) is 6.06. The van der Waals surface area contributed by atoms with Gasteiger partial charge in [-0.25, -0.2) is 4.98 Å². The standard InChI is InChI=1S/C20H18BrF3N4O/c1-2-11-29-14-9-7-13(8-10-14)26-19-25-12-15(20(22,23)24)18(28-19)27-17-6-4-3-5-16(17)21/h3-10,12H,2,11H2,1H3,(H2,25,26,27,28). The van der Waals surface area contributed by atoms with Crippen LogP contribution in [0.2, 0.25) is 0 Å². The van der Waals surface area contributed by atoms with Crippen LogP contribution in [-0.2, 0) is 6.18 Å². The Morgan fingerprint density at radius 2 is 1.76 bits per heavy atom. The minimum Gasteiger partial charge on any atom is -0.494 e. The number of nitrogens with zero attached hydrogens (tertiary/aromatic N) is 2. The van der Waals surface area contributed by atoms with Crippen LogP contribution >= 0.6 is 15.9 Å². The summed E-state index contributed by atoms with van der Waals surface area (Å²) >= 11 is 3.31. The van der Waals surface area contributed by atoms with Gasteiger partial charge in [-0.3, -0.25) is 0 Å². The average Bonchev–Trinajstić information content (AvgIpc) is 2.68. The molecule has 2 N–H and O–H groups in total. The van der Waals surface area contributed by atoms with Crippen molar-refractivity contribution in [1.29, 1.82) is 0 Å². The largest absolute Gasteiger partial charge is 0.494 e. The third kappa shape index (κ3) is 5.60. The summed E-state index contributed by atoms with van der Waals surface area (Å²) in [7, 11) is 0. The van der Waals surface area contributed by atoms with E-state index in [1.165, 1.54) is 0 Å². The number of aromatic nitrogens is 2. The van der Waals surface area contributed by atoms with Crippen LogP contribution in [0.4, 0.5) is 36.3 Å². The van der Waals surface area contributed by atoms with Crippen molar-refractivity contribution in [3.8, 4) is 5.75 Å². The predicted octanol–water partition coefficient (Wildman–Crippen LogP) is 6.53. The summed E-state index contributed by atoms with van der Waals surface area (Å²) in [6, 6.07) is 13.9. The van der Waals surface area contributed by atoms with E-state index in [0.717, 1.165) is 12.6 Å². The van der Waals surface area contributed by atoms with Gasteiger partial charge in [0.15, 0.2) is 0 Å². The molecule has 0 aliphatic heterocycles. The van der Waals surface area contributed by atoms with Crippen LogP contribution < -0.4 is 15.4 Å². The lowest BCUT2D eigenvalue weighted by Gasteiger charge is -2.15. The van der Waals surface area contributed by atoms with Crippen LogP contribution in [0, 0.1) is 0 Å². The first-order valence-electron chi connectivity index (χ1n) is 8.82. The molecular formula is C20H18BrF3N4O. The lowest BCUT2D eigenvalue weighted by atomic mass is 10.2. The molecule has 9 heteroatoms. The van der Waals surface area contributed by atoms with Crippen molar-refractivity contribution < 1.29 is 17.9 Å². The van der Waals surface area contributed by atoms with Gasteiger partial charge in [0.1, 0.15) is 17.1 Å². The summed E-state index contributed by atoms with van der Waals surface area (Å²) in [5, 5.41) is 5.64. The van der Waals surface area contributed by atoms with E-state index >= 15 is 0 Å². The summed E-state index contributed by atoms with van der Waals surface area (Å²) in [4.78, 5) is 7.85. The Bertz CT molecular complexity index is 965. The van der Waals surface area contributed by atoms with E-state index in [1.54, 1.807) is 48.5 Å². The van der Waals surface area contributed by atoms with Crippen LogP contribution in [-0.4, -0.2) is 16.6 Å². The fourth-order valence-electron chi connectivity index (χ4n) is 2.42. The minimum atomic E-state index is -4.60. The van der Waals surface area contributed by atoms with Crippen molar-refractivity contribution in [2.75, 3.05) is 17.2 Å². The van der Waals surface area contributed by atoms with Gasteiger partial charge in [0.2, 0.25) is 5.95 Å². The molecule has 0 unspecified atom stereocenters. The first-order valence-corrected chi connectivity index (χ1v) is 9.62. The molecule has 29 heavy (non-hydrogen) atoms. The van der Waals surface area contributed by atoms with Crippen molar-refractivity contribution in [2.45, 2.75) is 19.5 Å². The molecule has 3 aromatic rings. The molecule has 0 atom stereocenters. The second kappa shape index (κ2) is 9.13. The Kier molecular flexibility index (Phi) is 6.58. The average molecular weight is 467 g/mol. The highest BCUT2D eigenvalue weighted by molar-refractivity contribution is 9.10. The molecule has 1 heterocycles. The van der Waals surface area contributed by atoms with Crippen LogP contribution in [0.1, 0.15) is 18.9 Å². The predicted molar refractivity (Wildman–Crippen MR) is 110 cm³/mol. The van der Waals surface area contributed by atoms with Gasteiger partial charge in [-0.05, 0) is 58.7 Å². The number of ether oxygens (including phenoxy) is 1. The lowest BCUT2D eigenvalue weighted by Crippen LogP contribution is -2.12. The van der Waals surface area contributed by atoms with Crippen molar-refractivity contribution >= 4 is 39.1 Å². The normalized spacial score (nSPS) is 11.2. The molecule has 1 aromatic heterocycles. The first kappa shape index (κ1) is 20.9. The molecule has 0 fully saturated rings. The van der Waals surface area contributed by atoms with Gasteiger partial charge < -0.3 is 15.4 Å². The Labute approximate surface area is 174 Å². The number of hydrogen-bond donors (Lipinski definition) is 2. The van der Waals surface area contributed by atoms with Crippen LogP contribution in [0.25, 0.3) is 0 Å². The molecule has 0 saturated carbocycles. The summed E-state index contributed by atoms with van der Waals surface area (Å²) in [5.74, 6) is 0.404. The lowest BCUT2D eigenvalue weighted by molar-refractivity contribution is -0.137. The first-order chi connectivity index (χ1) is 13.9. The van der Waals surface area contributed by atoms with Gasteiger partial charge in [-0.1, -0.05) is 19.1 Å². The smallest absolute Gasteiger partial charge is 0.421 e. The van der Waals surface area contributed by atoms with Gasteiger partial charge in [0.25, 0.3) is 0 Å². The fourth-order valence-corrected chi connectivity index (χ4v) is 2.80. The van der Waals surface area contributed by atoms with Crippen molar-refractivity contribution in [1.82, 2.24) is 9.97 Å². The van der Waals surface area contributed by atoms with E-state index in [2.05, 4.69) is 36.5 Å². The SMILES string of the molecule is CCCOc1ccc(Nc2ncc(C(F)(F)F)c(Nc3ccccc3Br)n2)cc1. The van der Waals surface area contributed by atoms with Crippen molar-refractivity contribution in [2.24, 2.45) is 0 Å². The van der Waals surface area contributed by atoms with Crippen LogP contribution in [0.5, 0.6) is 5.75 Å². The molecule has 2 aromatic carbocycles. The third-order valence-corrected chi connectivity index (χ3v) is 4.50. The van der Waals surface area contributed by atoms with E-state index in [9.17, 15) is 13.2 Å². The van der Waals surface area contributed by atoms with E-state index in [-0.39, 0.29) is 11.8 Å². The number of rotatable bonds is 7. The summed E-state index contributed by atoms with van der Waals surface area (Å²) in [6.07, 6.45) is -2.94. The molecule has 0 aliphatic rings. The molecule has 0 amide bonds. The van der Waals surface area contributed by atoms with Gasteiger partial charge in [-0.2, -0.15) is 18.2 Å². The quantitative estimate of drug-likeness (QED) is 0.414. The Hall–Kier alpha value is -2.81. The number of anilines is 4. The van der Waals surface area contributed by atoms with Crippen molar-refractivity contribution in [3.63, 3.8) is 0 Å². The van der Waals surface area contributed by atoms with E-state index in [1.807, 2.05) is 6.92 Å². The number of hydrogen-bond acceptors (Lipinski definition) is 5. The van der Waals surface area contributed by atoms with Crippen LogP contribution in [0.3, 0.4) is 0 Å². The molecule has 0 spiro atoms. The van der Waals surface area contributed by atoms with Gasteiger partial charge in [-0.15, -0.1) is 0 Å². The number of alkyl halides is 3. The maximum Gasteiger partial charge on any atom is 0.421 e. The Balaban J connectivity index is 1.86. The zero-order valence-electron chi connectivity index (χ0n) is 15.4. The maximum atomic E-state index is 13.4. The zero-order valence-corrected chi connectivity index (χ0v) is 17.0. The third-order valence-electron chi connectivity index (χ3n) is 3.80. The monoisotopic (exact) mass is 466 g/mol. The molecule has 0 radical (unpaired) electrons. The van der Waals surface area contributed by atoms with Crippen LogP contribution in [0.15, 0.2) is 59.2 Å². The Morgan fingerprint density at radius 1 is 1.03 bits per heavy atom. The van der Waals surface area contributed by atoms with E-state index in [4.69, 9.17) is 4.74 Å². The van der Waals surface area contributed by atoms with Crippen molar-refractivity contribution in [3.05, 3.63) is 64.8 Å². The molecule has 5 nitrogen and oxygen atoms in total. The molecule has 0 saturated heterocycles. The molecule has 0 bridgehead atoms. The molecule has 3 rings (SSSR count). The number of benzene rings is 2. The molecule has 152 valence electrons. The zero-order chi connectivity index (χ0) is 20.9. The fraction of sp³-hybridized carbons (Fsp3) is 0.200. The summed E-state index contributed by atoms with van der Waals surface area (Å²) < 4.78 is 46.3. The maximum absolute atomic E-state index is 13.4. The summed E-state index contributed by atoms with van der Waals surface area (Å²) in [6.45, 7) is 2.62. The van der Waals surface area contributed by atoms with Gasteiger partial charge in [0, 0.05) is 16.4 Å². The highest BCUT2D eigenvalue weighted by atomic mass is 79.9. The van der Waals surface area contributed by atoms with E-state index < -0.39 is 11.7 Å². The van der Waals surface area contributed by atoms with E-state index in [0.29, 0.717) is 28.2 Å². The summed E-state index contributed by atoms with van der Waals surface area (Å²) in [5.41, 5.74) is 0.127. The topological polar surface area (TPSA) is 59.1 Å². The number of nitrogens with one attached hydrogen (secondary N) is 2. The number of halogens is 4. The highest BCUT2D eigenvalue weighted by Crippen LogP contribution is 2.36. The van der Waals surface area contributed by atoms with Gasteiger partial charge >= 0.3 is 6.18 Å². The minimum absolute atomic E-state index is 0.0368. The number of para-hydroxylation sites is 1. The second-order valence-corrected chi connectivity index (χ2v) is 6.91.